The Labute approximate surface area is 104 Å². The normalized spacial score (nSPS) is 27.0. The van der Waals surface area contributed by atoms with Crippen LogP contribution < -0.4 is 11.2 Å². The van der Waals surface area contributed by atoms with Crippen LogP contribution in [0.3, 0.4) is 0 Å². The molecule has 7 nitrogen and oxygen atoms in total. The Morgan fingerprint density at radius 2 is 2.44 bits per heavy atom. The summed E-state index contributed by atoms with van der Waals surface area (Å²) in [6.45, 7) is 0.467. The number of hydrogen-bond donors (Lipinski definition) is 3. The lowest BCUT2D eigenvalue weighted by molar-refractivity contribution is -0.115. The predicted octanol–water partition coefficient (Wildman–Crippen LogP) is -1.04. The van der Waals surface area contributed by atoms with Gasteiger partial charge in [0.25, 0.3) is 0 Å². The second kappa shape index (κ2) is 4.61. The smallest absolute Gasteiger partial charge is 0.332 e. The van der Waals surface area contributed by atoms with Crippen molar-refractivity contribution in [2.45, 2.75) is 6.10 Å². The van der Waals surface area contributed by atoms with Gasteiger partial charge in [-0.15, -0.1) is 0 Å². The zero-order valence-electron chi connectivity index (χ0n) is 9.83. The third kappa shape index (κ3) is 2.25. The average Bonchev–Trinajstić information content (AvgIpc) is 2.54. The Bertz CT molecular complexity index is 481. The molecule has 0 aromatic heterocycles. The van der Waals surface area contributed by atoms with E-state index in [1.54, 1.807) is 6.08 Å². The molecule has 0 saturated carbocycles. The highest BCUT2D eigenvalue weighted by Crippen LogP contribution is 2.30. The topological polar surface area (TPSA) is 108 Å². The van der Waals surface area contributed by atoms with Crippen molar-refractivity contribution in [1.29, 1.82) is 0 Å². The lowest BCUT2D eigenvalue weighted by Crippen LogP contribution is -2.26. The lowest BCUT2D eigenvalue weighted by Gasteiger charge is -2.17. The zero-order chi connectivity index (χ0) is 13.3. The second-order valence-electron chi connectivity index (χ2n) is 4.23. The number of ketones is 1. The van der Waals surface area contributed by atoms with Gasteiger partial charge in [0.1, 0.15) is 0 Å². The summed E-state index contributed by atoms with van der Waals surface area (Å²) < 4.78 is 0. The number of aliphatic hydroxyl groups excluding tert-OH is 1. The Morgan fingerprint density at radius 1 is 1.72 bits per heavy atom. The summed E-state index contributed by atoms with van der Waals surface area (Å²) >= 11 is 0. The highest BCUT2D eigenvalue weighted by molar-refractivity contribution is 6.05. The molecule has 0 aromatic carbocycles. The summed E-state index contributed by atoms with van der Waals surface area (Å²) in [6.07, 6.45) is 3.82. The minimum absolute atomic E-state index is 0.148. The summed E-state index contributed by atoms with van der Waals surface area (Å²) in [6, 6.07) is -0.793. The minimum Gasteiger partial charge on any atom is -0.386 e. The molecule has 1 saturated heterocycles. The van der Waals surface area contributed by atoms with E-state index in [9.17, 15) is 14.7 Å². The lowest BCUT2D eigenvalue weighted by atomic mass is 9.93. The molecular formula is C11H14N4O3. The van der Waals surface area contributed by atoms with Gasteiger partial charge in [0.2, 0.25) is 0 Å². The van der Waals surface area contributed by atoms with Crippen LogP contribution in [0.15, 0.2) is 28.5 Å². The number of urea groups is 1. The van der Waals surface area contributed by atoms with E-state index in [1.165, 1.54) is 12.3 Å². The van der Waals surface area contributed by atoms with Crippen molar-refractivity contribution in [1.82, 2.24) is 10.3 Å². The van der Waals surface area contributed by atoms with Gasteiger partial charge in [-0.3, -0.25) is 4.79 Å². The molecule has 0 radical (unpaired) electrons. The predicted molar refractivity (Wildman–Crippen MR) is 64.5 cm³/mol. The number of primary amides is 1. The first-order valence-electron chi connectivity index (χ1n) is 5.44. The molecule has 1 heterocycles. The third-order valence-corrected chi connectivity index (χ3v) is 2.89. The number of nitrogens with zero attached hydrogens (tertiary/aromatic N) is 2. The number of fused-ring (bicyclic) bond motifs is 1. The van der Waals surface area contributed by atoms with Crippen LogP contribution in [-0.4, -0.2) is 47.7 Å². The van der Waals surface area contributed by atoms with Crippen molar-refractivity contribution in [3.8, 4) is 0 Å². The molecule has 2 atom stereocenters. The van der Waals surface area contributed by atoms with Gasteiger partial charge in [-0.2, -0.15) is 5.10 Å². The van der Waals surface area contributed by atoms with Crippen LogP contribution >= 0.6 is 0 Å². The van der Waals surface area contributed by atoms with E-state index in [0.29, 0.717) is 12.1 Å². The van der Waals surface area contributed by atoms with Crippen LogP contribution in [0.2, 0.25) is 0 Å². The van der Waals surface area contributed by atoms with Crippen LogP contribution in [-0.2, 0) is 4.79 Å². The van der Waals surface area contributed by atoms with Gasteiger partial charge < -0.3 is 15.7 Å². The fourth-order valence-corrected chi connectivity index (χ4v) is 2.04. The van der Waals surface area contributed by atoms with Gasteiger partial charge in [-0.1, -0.05) is 6.08 Å². The maximum absolute atomic E-state index is 11.8. The number of carbonyl (C=O) groups excluding carboxylic acids is 2. The van der Waals surface area contributed by atoms with Crippen LogP contribution in [0.1, 0.15) is 0 Å². The number of hydrazone groups is 1. The molecule has 0 spiro atoms. The maximum Gasteiger partial charge on any atom is 0.332 e. The molecule has 0 bridgehead atoms. The molecule has 18 heavy (non-hydrogen) atoms. The number of rotatable bonds is 2. The summed E-state index contributed by atoms with van der Waals surface area (Å²) in [5.74, 6) is -0.735. The third-order valence-electron chi connectivity index (χ3n) is 2.89. The number of aliphatic hydroxyl groups is 1. The molecule has 96 valence electrons. The van der Waals surface area contributed by atoms with Crippen LogP contribution in [0.5, 0.6) is 0 Å². The van der Waals surface area contributed by atoms with E-state index >= 15 is 0 Å². The number of allylic oxidation sites excluding steroid dienone is 2. The first-order chi connectivity index (χ1) is 8.49. The SMILES string of the molecule is CN1C[C@@H](O)C2=C[C@@H](/C=N\NC(N)=O)C(=O)C=C21. The quantitative estimate of drug-likeness (QED) is 0.429. The van der Waals surface area contributed by atoms with Crippen molar-refractivity contribution in [2.24, 2.45) is 16.8 Å². The van der Waals surface area contributed by atoms with E-state index in [1.807, 2.05) is 17.4 Å². The molecule has 2 aliphatic rings. The Hall–Kier alpha value is -2.15. The number of nitrogens with one attached hydrogen (secondary N) is 1. The molecule has 4 N–H and O–H groups in total. The van der Waals surface area contributed by atoms with E-state index in [4.69, 9.17) is 5.73 Å². The van der Waals surface area contributed by atoms with Gasteiger partial charge in [-0.05, 0) is 0 Å². The largest absolute Gasteiger partial charge is 0.386 e. The highest BCUT2D eigenvalue weighted by Gasteiger charge is 2.33. The molecule has 1 aliphatic carbocycles. The molecule has 0 unspecified atom stereocenters. The molecule has 1 aliphatic heterocycles. The Balaban J connectivity index is 2.17. The molecule has 7 heteroatoms. The first-order valence-corrected chi connectivity index (χ1v) is 5.44. The second-order valence-corrected chi connectivity index (χ2v) is 4.23. The molecule has 1 fully saturated rings. The van der Waals surface area contributed by atoms with Crippen LogP contribution in [0, 0.1) is 5.92 Å². The van der Waals surface area contributed by atoms with Crippen molar-refractivity contribution in [3.63, 3.8) is 0 Å². The van der Waals surface area contributed by atoms with Crippen molar-refractivity contribution >= 4 is 18.0 Å². The van der Waals surface area contributed by atoms with E-state index in [2.05, 4.69) is 5.10 Å². The summed E-state index contributed by atoms with van der Waals surface area (Å²) in [7, 11) is 1.81. The maximum atomic E-state index is 11.8. The van der Waals surface area contributed by atoms with Crippen molar-refractivity contribution in [3.05, 3.63) is 23.4 Å². The molecule has 2 amide bonds. The van der Waals surface area contributed by atoms with Gasteiger partial charge in [-0.25, -0.2) is 10.2 Å². The monoisotopic (exact) mass is 250 g/mol. The number of carbonyl (C=O) groups is 2. The van der Waals surface area contributed by atoms with Crippen molar-refractivity contribution in [2.75, 3.05) is 13.6 Å². The van der Waals surface area contributed by atoms with Gasteiger partial charge in [0, 0.05) is 37.2 Å². The number of β-amino-alcohol motifs (C(OH)–C–C–N with tert-alkyl or cyclic N) is 1. The molecular weight excluding hydrogens is 236 g/mol. The van der Waals surface area contributed by atoms with E-state index < -0.39 is 18.1 Å². The number of likely N-dealkylation sites (N-methyl/N-ethyl adjacent to an activating group) is 1. The number of amides is 2. The average molecular weight is 250 g/mol. The van der Waals surface area contributed by atoms with Gasteiger partial charge in [0.15, 0.2) is 5.78 Å². The van der Waals surface area contributed by atoms with Gasteiger partial charge >= 0.3 is 6.03 Å². The van der Waals surface area contributed by atoms with Gasteiger partial charge in [0.05, 0.1) is 12.0 Å². The summed E-state index contributed by atoms with van der Waals surface area (Å²) in [4.78, 5) is 24.1. The molecule has 0 aromatic rings. The number of hydrogen-bond acceptors (Lipinski definition) is 5. The zero-order valence-corrected chi connectivity index (χ0v) is 9.83. The van der Waals surface area contributed by atoms with E-state index in [-0.39, 0.29) is 5.78 Å². The number of likely N-dealkylation sites (tertiary alicyclic amines) is 1. The Morgan fingerprint density at radius 3 is 3.11 bits per heavy atom. The fourth-order valence-electron chi connectivity index (χ4n) is 2.04. The van der Waals surface area contributed by atoms with Crippen LogP contribution in [0.4, 0.5) is 4.79 Å². The highest BCUT2D eigenvalue weighted by atomic mass is 16.3. The van der Waals surface area contributed by atoms with Crippen LogP contribution in [0.25, 0.3) is 0 Å². The fraction of sp³-hybridized carbons (Fsp3) is 0.364. The number of nitrogens with two attached hydrogens (primary N) is 1. The summed E-state index contributed by atoms with van der Waals surface area (Å²) in [5, 5.41) is 13.4. The first kappa shape index (κ1) is 12.3. The standard InChI is InChI=1S/C11H14N4O3/c1-15-5-10(17)7-2-6(4-13-14-11(12)18)9(16)3-8(7)15/h2-4,6,10,17H,5H2,1H3,(H3,12,14,18)/b13-4-/t6-,10+/m0/s1. The van der Waals surface area contributed by atoms with E-state index in [0.717, 1.165) is 5.70 Å². The molecule has 2 rings (SSSR count). The van der Waals surface area contributed by atoms with Crippen molar-refractivity contribution < 1.29 is 14.7 Å². The Kier molecular flexibility index (Phi) is 3.15. The minimum atomic E-state index is -0.793. The summed E-state index contributed by atoms with van der Waals surface area (Å²) in [5.41, 5.74) is 8.32.